The molecule has 1 aliphatic rings. The van der Waals surface area contributed by atoms with Gasteiger partial charge in [-0.15, -0.1) is 0 Å². The van der Waals surface area contributed by atoms with E-state index in [2.05, 4.69) is 5.32 Å². The minimum atomic E-state index is -0.977. The molecule has 0 aromatic heterocycles. The van der Waals surface area contributed by atoms with E-state index < -0.39 is 12.0 Å². The average molecular weight is 228 g/mol. The zero-order valence-electron chi connectivity index (χ0n) is 9.61. The maximum atomic E-state index is 11.5. The number of nitrogens with two attached hydrogens (primary N) is 1. The van der Waals surface area contributed by atoms with Gasteiger partial charge in [0, 0.05) is 12.5 Å². The summed E-state index contributed by atoms with van der Waals surface area (Å²) in [5.74, 6) is -0.768. The maximum absolute atomic E-state index is 11.5. The first-order valence-corrected chi connectivity index (χ1v) is 5.82. The van der Waals surface area contributed by atoms with E-state index in [-0.39, 0.29) is 18.4 Å². The molecule has 0 bridgehead atoms. The van der Waals surface area contributed by atoms with E-state index in [0.29, 0.717) is 12.3 Å². The van der Waals surface area contributed by atoms with Crippen molar-refractivity contribution in [1.29, 1.82) is 0 Å². The first-order valence-electron chi connectivity index (χ1n) is 5.82. The van der Waals surface area contributed by atoms with Crippen molar-refractivity contribution in [3.63, 3.8) is 0 Å². The van der Waals surface area contributed by atoms with Crippen molar-refractivity contribution in [2.75, 3.05) is 0 Å². The lowest BCUT2D eigenvalue weighted by molar-refractivity contribution is -0.142. The van der Waals surface area contributed by atoms with Crippen LogP contribution in [0.15, 0.2) is 0 Å². The zero-order chi connectivity index (χ0) is 12.1. The van der Waals surface area contributed by atoms with Crippen molar-refractivity contribution >= 4 is 11.9 Å². The molecule has 2 atom stereocenters. The molecule has 5 nitrogen and oxygen atoms in total. The largest absolute Gasteiger partial charge is 0.480 e. The van der Waals surface area contributed by atoms with Crippen LogP contribution in [0.3, 0.4) is 0 Å². The Morgan fingerprint density at radius 3 is 2.56 bits per heavy atom. The van der Waals surface area contributed by atoms with Gasteiger partial charge in [-0.3, -0.25) is 4.79 Å². The lowest BCUT2D eigenvalue weighted by Gasteiger charge is -2.15. The van der Waals surface area contributed by atoms with E-state index in [4.69, 9.17) is 10.8 Å². The van der Waals surface area contributed by atoms with Gasteiger partial charge in [-0.1, -0.05) is 13.3 Å². The molecule has 0 aromatic rings. The third kappa shape index (κ3) is 4.18. The highest BCUT2D eigenvalue weighted by Gasteiger charge is 2.30. The fourth-order valence-electron chi connectivity index (χ4n) is 1.70. The summed E-state index contributed by atoms with van der Waals surface area (Å²) in [6.07, 6.45) is 3.60. The highest BCUT2D eigenvalue weighted by atomic mass is 16.4. The average Bonchev–Trinajstić information content (AvgIpc) is 2.99. The molecule has 16 heavy (non-hydrogen) atoms. The van der Waals surface area contributed by atoms with Crippen molar-refractivity contribution in [3.8, 4) is 0 Å². The molecular weight excluding hydrogens is 208 g/mol. The minimum Gasteiger partial charge on any atom is -0.480 e. The fraction of sp³-hybridized carbons (Fsp3) is 0.818. The summed E-state index contributed by atoms with van der Waals surface area (Å²) in [7, 11) is 0. The Morgan fingerprint density at radius 2 is 2.12 bits per heavy atom. The summed E-state index contributed by atoms with van der Waals surface area (Å²) >= 11 is 0. The molecule has 1 saturated carbocycles. The molecule has 0 aliphatic heterocycles. The number of hydrogen-bond acceptors (Lipinski definition) is 3. The predicted molar refractivity (Wildman–Crippen MR) is 59.8 cm³/mol. The molecule has 0 heterocycles. The quantitative estimate of drug-likeness (QED) is 0.591. The molecule has 1 fully saturated rings. The molecule has 1 unspecified atom stereocenters. The number of carboxylic acid groups (broad SMARTS) is 1. The van der Waals surface area contributed by atoms with Gasteiger partial charge in [-0.2, -0.15) is 0 Å². The number of amides is 1. The van der Waals surface area contributed by atoms with Crippen LogP contribution in [0.1, 0.15) is 39.0 Å². The van der Waals surface area contributed by atoms with Gasteiger partial charge in [-0.05, 0) is 25.2 Å². The Kier molecular flexibility index (Phi) is 4.73. The second kappa shape index (κ2) is 5.84. The van der Waals surface area contributed by atoms with E-state index in [1.807, 2.05) is 6.92 Å². The van der Waals surface area contributed by atoms with E-state index in [1.165, 1.54) is 0 Å². The van der Waals surface area contributed by atoms with Crippen LogP contribution in [0.25, 0.3) is 0 Å². The van der Waals surface area contributed by atoms with Crippen LogP contribution >= 0.6 is 0 Å². The Hall–Kier alpha value is -1.10. The SMILES string of the molecule is CCC[C@@H](NC(=O)CC(N)C1CC1)C(=O)O. The molecule has 0 aromatic carbocycles. The normalized spacial score (nSPS) is 18.9. The first kappa shape index (κ1) is 13.0. The highest BCUT2D eigenvalue weighted by Crippen LogP contribution is 2.32. The van der Waals surface area contributed by atoms with Crippen LogP contribution in [-0.4, -0.2) is 29.1 Å². The van der Waals surface area contributed by atoms with Crippen molar-refractivity contribution in [2.24, 2.45) is 11.7 Å². The van der Waals surface area contributed by atoms with Gasteiger partial charge < -0.3 is 16.2 Å². The monoisotopic (exact) mass is 228 g/mol. The smallest absolute Gasteiger partial charge is 0.326 e. The van der Waals surface area contributed by atoms with Crippen molar-refractivity contribution in [2.45, 2.75) is 51.1 Å². The summed E-state index contributed by atoms with van der Waals surface area (Å²) in [5.41, 5.74) is 5.80. The molecule has 1 rings (SSSR count). The minimum absolute atomic E-state index is 0.115. The molecule has 0 saturated heterocycles. The number of carbonyl (C=O) groups excluding carboxylic acids is 1. The van der Waals surface area contributed by atoms with Crippen LogP contribution in [-0.2, 0) is 9.59 Å². The van der Waals surface area contributed by atoms with Gasteiger partial charge in [0.2, 0.25) is 5.91 Å². The van der Waals surface area contributed by atoms with E-state index >= 15 is 0 Å². The van der Waals surface area contributed by atoms with Crippen LogP contribution in [0.4, 0.5) is 0 Å². The van der Waals surface area contributed by atoms with Gasteiger partial charge >= 0.3 is 5.97 Å². The standard InChI is InChI=1S/C11H20N2O3/c1-2-3-9(11(15)16)13-10(14)6-8(12)7-4-5-7/h7-9H,2-6,12H2,1H3,(H,13,14)(H,15,16)/t8?,9-/m1/s1. The fourth-order valence-corrected chi connectivity index (χ4v) is 1.70. The van der Waals surface area contributed by atoms with Gasteiger partial charge in [0.1, 0.15) is 6.04 Å². The molecular formula is C11H20N2O3. The molecule has 5 heteroatoms. The Bertz CT molecular complexity index is 264. The number of rotatable bonds is 7. The van der Waals surface area contributed by atoms with Gasteiger partial charge in [0.15, 0.2) is 0 Å². The van der Waals surface area contributed by atoms with Crippen molar-refractivity contribution < 1.29 is 14.7 Å². The summed E-state index contributed by atoms with van der Waals surface area (Å²) in [5, 5.41) is 11.4. The molecule has 0 spiro atoms. The van der Waals surface area contributed by atoms with Crippen molar-refractivity contribution in [3.05, 3.63) is 0 Å². The Labute approximate surface area is 95.4 Å². The van der Waals surface area contributed by atoms with Crippen LogP contribution in [0.2, 0.25) is 0 Å². The number of carboxylic acids is 1. The second-order valence-corrected chi connectivity index (χ2v) is 4.45. The molecule has 4 N–H and O–H groups in total. The van der Waals surface area contributed by atoms with E-state index in [1.54, 1.807) is 0 Å². The third-order valence-corrected chi connectivity index (χ3v) is 2.86. The summed E-state index contributed by atoms with van der Waals surface area (Å²) < 4.78 is 0. The Morgan fingerprint density at radius 1 is 1.50 bits per heavy atom. The first-order chi connectivity index (χ1) is 7.54. The van der Waals surface area contributed by atoms with Crippen LogP contribution < -0.4 is 11.1 Å². The van der Waals surface area contributed by atoms with E-state index in [0.717, 1.165) is 19.3 Å². The molecule has 0 radical (unpaired) electrons. The van der Waals surface area contributed by atoms with Gasteiger partial charge in [0.05, 0.1) is 0 Å². The maximum Gasteiger partial charge on any atom is 0.326 e. The number of hydrogen-bond donors (Lipinski definition) is 3. The van der Waals surface area contributed by atoms with Gasteiger partial charge in [0.25, 0.3) is 0 Å². The van der Waals surface area contributed by atoms with Crippen LogP contribution in [0, 0.1) is 5.92 Å². The summed E-state index contributed by atoms with van der Waals surface area (Å²) in [6.45, 7) is 1.89. The van der Waals surface area contributed by atoms with E-state index in [9.17, 15) is 9.59 Å². The molecule has 1 amide bonds. The van der Waals surface area contributed by atoms with Crippen LogP contribution in [0.5, 0.6) is 0 Å². The van der Waals surface area contributed by atoms with Gasteiger partial charge in [-0.25, -0.2) is 4.79 Å². The highest BCUT2D eigenvalue weighted by molar-refractivity contribution is 5.83. The molecule has 92 valence electrons. The topological polar surface area (TPSA) is 92.4 Å². The second-order valence-electron chi connectivity index (χ2n) is 4.45. The van der Waals surface area contributed by atoms with Crippen molar-refractivity contribution in [1.82, 2.24) is 5.32 Å². The third-order valence-electron chi connectivity index (χ3n) is 2.86. The summed E-state index contributed by atoms with van der Waals surface area (Å²) in [6, 6.07) is -0.889. The number of nitrogens with one attached hydrogen (secondary N) is 1. The lowest BCUT2D eigenvalue weighted by Crippen LogP contribution is -2.43. The number of aliphatic carboxylic acids is 1. The lowest BCUT2D eigenvalue weighted by atomic mass is 10.1. The zero-order valence-corrected chi connectivity index (χ0v) is 9.61. The summed E-state index contributed by atoms with van der Waals surface area (Å²) in [4.78, 5) is 22.3. The molecule has 1 aliphatic carbocycles. The number of carbonyl (C=O) groups is 2. The Balaban J connectivity index is 2.32. The predicted octanol–water partition coefficient (Wildman–Crippen LogP) is 0.483.